The van der Waals surface area contributed by atoms with Crippen molar-refractivity contribution in [3.05, 3.63) is 89.9 Å². The normalized spacial score (nSPS) is 13.7. The van der Waals surface area contributed by atoms with Crippen molar-refractivity contribution in [1.82, 2.24) is 14.9 Å². The monoisotopic (exact) mass is 526 g/mol. The minimum atomic E-state index is -0.283. The van der Waals surface area contributed by atoms with E-state index < -0.39 is 0 Å². The topological polar surface area (TPSA) is 111 Å². The molecule has 0 saturated carbocycles. The molecule has 200 valence electrons. The predicted octanol–water partition coefficient (Wildman–Crippen LogP) is 5.00. The number of nitrogen functional groups attached to an aromatic ring is 1. The van der Waals surface area contributed by atoms with Gasteiger partial charge in [-0.05, 0) is 68.6 Å². The first-order valence-electron chi connectivity index (χ1n) is 12.7. The van der Waals surface area contributed by atoms with Crippen LogP contribution in [-0.2, 0) is 0 Å². The summed E-state index contributed by atoms with van der Waals surface area (Å²) in [6, 6.07) is 19.2. The molecule has 0 unspecified atom stereocenters. The number of piperazine rings is 1. The van der Waals surface area contributed by atoms with Crippen LogP contribution in [0.4, 0.5) is 44.6 Å². The second-order valence-corrected chi connectivity index (χ2v) is 9.55. The average Bonchev–Trinajstić information content (AvgIpc) is 2.93. The van der Waals surface area contributed by atoms with Crippen molar-refractivity contribution in [2.75, 3.05) is 59.8 Å². The number of aromatic nitrogens is 2. The summed E-state index contributed by atoms with van der Waals surface area (Å²) in [4.78, 5) is 25.8. The standard InChI is InChI=1S/C29H31FN8O/c1-19-18-32-29(34-22-11-12-26(23(30)17-22)38-15-13-37(2)14-16-38)36-27(19)33-21-9-7-20(8-10-21)28(39)35-25-6-4-3-5-24(25)31/h3-12,17-18H,13-16,31H2,1-2H3,(H,35,39)(H2,32,33,34,36). The van der Waals surface area contributed by atoms with Gasteiger partial charge in [-0.3, -0.25) is 4.79 Å². The van der Waals surface area contributed by atoms with E-state index in [1.807, 2.05) is 25.1 Å². The summed E-state index contributed by atoms with van der Waals surface area (Å²) in [6.07, 6.45) is 1.69. The highest BCUT2D eigenvalue weighted by molar-refractivity contribution is 6.05. The molecule has 2 heterocycles. The summed E-state index contributed by atoms with van der Waals surface area (Å²) in [5.74, 6) is 0.395. The Morgan fingerprint density at radius 3 is 2.38 bits per heavy atom. The lowest BCUT2D eigenvalue weighted by atomic mass is 10.1. The first-order chi connectivity index (χ1) is 18.9. The molecule has 10 heteroatoms. The number of rotatable bonds is 7. The molecule has 1 aromatic heterocycles. The number of amides is 1. The van der Waals surface area contributed by atoms with Crippen LogP contribution in [0.25, 0.3) is 0 Å². The Kier molecular flexibility index (Phi) is 7.55. The van der Waals surface area contributed by atoms with Gasteiger partial charge in [0.1, 0.15) is 11.6 Å². The third-order valence-corrected chi connectivity index (χ3v) is 6.64. The predicted molar refractivity (Wildman–Crippen MR) is 155 cm³/mol. The molecule has 9 nitrogen and oxygen atoms in total. The van der Waals surface area contributed by atoms with Crippen molar-refractivity contribution in [1.29, 1.82) is 0 Å². The summed E-state index contributed by atoms with van der Waals surface area (Å²) < 4.78 is 14.9. The molecule has 0 aliphatic carbocycles. The second-order valence-electron chi connectivity index (χ2n) is 9.55. The van der Waals surface area contributed by atoms with Crippen molar-refractivity contribution in [3.8, 4) is 0 Å². The Hall–Kier alpha value is -4.70. The van der Waals surface area contributed by atoms with E-state index in [0.717, 1.165) is 37.4 Å². The second kappa shape index (κ2) is 11.4. The molecule has 1 aliphatic rings. The van der Waals surface area contributed by atoms with Gasteiger partial charge < -0.3 is 31.5 Å². The van der Waals surface area contributed by atoms with Gasteiger partial charge in [-0.25, -0.2) is 9.37 Å². The third-order valence-electron chi connectivity index (χ3n) is 6.64. The zero-order chi connectivity index (χ0) is 27.4. The van der Waals surface area contributed by atoms with E-state index in [4.69, 9.17) is 5.73 Å². The maximum atomic E-state index is 14.9. The molecule has 0 bridgehead atoms. The van der Waals surface area contributed by atoms with Gasteiger partial charge in [0.2, 0.25) is 5.95 Å². The largest absolute Gasteiger partial charge is 0.397 e. The van der Waals surface area contributed by atoms with Crippen LogP contribution in [-0.4, -0.2) is 54.0 Å². The van der Waals surface area contributed by atoms with Crippen LogP contribution in [0.15, 0.2) is 72.9 Å². The Morgan fingerprint density at radius 2 is 1.67 bits per heavy atom. The van der Waals surface area contributed by atoms with Gasteiger partial charge in [0.05, 0.1) is 17.1 Å². The zero-order valence-electron chi connectivity index (χ0n) is 21.9. The van der Waals surface area contributed by atoms with E-state index in [2.05, 4.69) is 42.8 Å². The maximum absolute atomic E-state index is 14.9. The lowest BCUT2D eigenvalue weighted by Crippen LogP contribution is -2.44. The van der Waals surface area contributed by atoms with E-state index in [0.29, 0.717) is 40.1 Å². The van der Waals surface area contributed by atoms with Gasteiger partial charge in [-0.2, -0.15) is 4.98 Å². The average molecular weight is 527 g/mol. The summed E-state index contributed by atoms with van der Waals surface area (Å²) in [5.41, 5.74) is 10.2. The van der Waals surface area contributed by atoms with Crippen molar-refractivity contribution in [2.24, 2.45) is 0 Å². The lowest BCUT2D eigenvalue weighted by molar-refractivity contribution is 0.102. The van der Waals surface area contributed by atoms with Crippen molar-refractivity contribution in [3.63, 3.8) is 0 Å². The van der Waals surface area contributed by atoms with E-state index in [1.165, 1.54) is 6.07 Å². The van der Waals surface area contributed by atoms with Crippen LogP contribution in [0.3, 0.4) is 0 Å². The number of anilines is 7. The van der Waals surface area contributed by atoms with Crippen molar-refractivity contribution in [2.45, 2.75) is 6.92 Å². The Labute approximate surface area is 226 Å². The minimum absolute atomic E-state index is 0.255. The number of aryl methyl sites for hydroxylation is 1. The molecule has 3 aromatic carbocycles. The molecule has 0 atom stereocenters. The number of likely N-dealkylation sites (N-methyl/N-ethyl adjacent to an activating group) is 1. The highest BCUT2D eigenvalue weighted by Gasteiger charge is 2.18. The number of para-hydroxylation sites is 2. The Balaban J connectivity index is 1.24. The molecule has 0 spiro atoms. The molecule has 1 amide bonds. The van der Waals surface area contributed by atoms with Crippen LogP contribution in [0.1, 0.15) is 15.9 Å². The number of nitrogens with zero attached hydrogens (tertiary/aromatic N) is 4. The fourth-order valence-corrected chi connectivity index (χ4v) is 4.29. The lowest BCUT2D eigenvalue weighted by Gasteiger charge is -2.34. The highest BCUT2D eigenvalue weighted by atomic mass is 19.1. The van der Waals surface area contributed by atoms with Gasteiger partial charge >= 0.3 is 0 Å². The summed E-state index contributed by atoms with van der Waals surface area (Å²) in [6.45, 7) is 5.30. The molecule has 0 radical (unpaired) electrons. The smallest absolute Gasteiger partial charge is 0.255 e. The molecular weight excluding hydrogens is 495 g/mol. The summed E-state index contributed by atoms with van der Waals surface area (Å²) in [7, 11) is 2.07. The van der Waals surface area contributed by atoms with Crippen molar-refractivity contribution < 1.29 is 9.18 Å². The molecule has 1 fully saturated rings. The van der Waals surface area contributed by atoms with Gasteiger partial charge in [0, 0.05) is 54.9 Å². The minimum Gasteiger partial charge on any atom is -0.397 e. The number of nitrogens with one attached hydrogen (secondary N) is 3. The van der Waals surface area contributed by atoms with Gasteiger partial charge in [0.25, 0.3) is 5.91 Å². The SMILES string of the molecule is Cc1cnc(Nc2ccc(N3CCN(C)CC3)c(F)c2)nc1Nc1ccc(C(=O)Nc2ccccc2N)cc1. The molecule has 5 N–H and O–H groups in total. The van der Waals surface area contributed by atoms with E-state index in [-0.39, 0.29) is 11.7 Å². The van der Waals surface area contributed by atoms with E-state index in [9.17, 15) is 9.18 Å². The first kappa shape index (κ1) is 25.9. The zero-order valence-corrected chi connectivity index (χ0v) is 21.9. The van der Waals surface area contributed by atoms with Crippen LogP contribution in [0, 0.1) is 12.7 Å². The number of carbonyl (C=O) groups excluding carboxylic acids is 1. The quantitative estimate of drug-likeness (QED) is 0.249. The number of carbonyl (C=O) groups is 1. The highest BCUT2D eigenvalue weighted by Crippen LogP contribution is 2.26. The third kappa shape index (κ3) is 6.24. The molecule has 39 heavy (non-hydrogen) atoms. The first-order valence-corrected chi connectivity index (χ1v) is 12.7. The summed E-state index contributed by atoms with van der Waals surface area (Å²) >= 11 is 0. The molecule has 4 aromatic rings. The van der Waals surface area contributed by atoms with E-state index in [1.54, 1.807) is 48.7 Å². The number of halogens is 1. The maximum Gasteiger partial charge on any atom is 0.255 e. The number of hydrogen-bond donors (Lipinski definition) is 4. The molecule has 1 aliphatic heterocycles. The number of hydrogen-bond acceptors (Lipinski definition) is 8. The van der Waals surface area contributed by atoms with Crippen molar-refractivity contribution >= 4 is 46.1 Å². The Bertz CT molecular complexity index is 1470. The number of benzene rings is 3. The van der Waals surface area contributed by atoms with Crippen LogP contribution in [0.5, 0.6) is 0 Å². The molecular formula is C29H31FN8O. The van der Waals surface area contributed by atoms with E-state index >= 15 is 0 Å². The fourth-order valence-electron chi connectivity index (χ4n) is 4.29. The fraction of sp³-hybridized carbons (Fsp3) is 0.207. The number of nitrogens with two attached hydrogens (primary N) is 1. The van der Waals surface area contributed by atoms with Gasteiger partial charge in [-0.15, -0.1) is 0 Å². The van der Waals surface area contributed by atoms with Crippen LogP contribution in [0.2, 0.25) is 0 Å². The molecule has 5 rings (SSSR count). The van der Waals surface area contributed by atoms with Crippen LogP contribution < -0.4 is 26.6 Å². The molecule has 1 saturated heterocycles. The van der Waals surface area contributed by atoms with Gasteiger partial charge in [-0.1, -0.05) is 12.1 Å². The van der Waals surface area contributed by atoms with Crippen LogP contribution >= 0.6 is 0 Å². The van der Waals surface area contributed by atoms with Gasteiger partial charge in [0.15, 0.2) is 0 Å². The Morgan fingerprint density at radius 1 is 0.949 bits per heavy atom. The summed E-state index contributed by atoms with van der Waals surface area (Å²) in [5, 5.41) is 9.18.